The van der Waals surface area contributed by atoms with Gasteiger partial charge in [0.05, 0.1) is 23.3 Å². The second-order valence-electron chi connectivity index (χ2n) is 8.59. The van der Waals surface area contributed by atoms with Gasteiger partial charge in [0, 0.05) is 16.8 Å². The maximum absolute atomic E-state index is 12.3. The van der Waals surface area contributed by atoms with Crippen molar-refractivity contribution >= 4 is 39.1 Å². The van der Waals surface area contributed by atoms with E-state index in [1.807, 2.05) is 51.1 Å². The van der Waals surface area contributed by atoms with Gasteiger partial charge >= 0.3 is 0 Å². The van der Waals surface area contributed by atoms with Crippen molar-refractivity contribution in [3.8, 4) is 10.6 Å². The Morgan fingerprint density at radius 3 is 2.37 bits per heavy atom. The van der Waals surface area contributed by atoms with Gasteiger partial charge in [0.25, 0.3) is 0 Å². The van der Waals surface area contributed by atoms with E-state index in [-0.39, 0.29) is 30.4 Å². The molecule has 1 heterocycles. The third-order valence-corrected chi connectivity index (χ3v) is 5.37. The number of anilines is 1. The fourth-order valence-electron chi connectivity index (χ4n) is 3.06. The van der Waals surface area contributed by atoms with Gasteiger partial charge in [-0.25, -0.2) is 4.98 Å². The van der Waals surface area contributed by atoms with Crippen LogP contribution in [0.2, 0.25) is 0 Å². The van der Waals surface area contributed by atoms with Crippen LogP contribution in [-0.2, 0) is 9.59 Å². The van der Waals surface area contributed by atoms with E-state index in [0.29, 0.717) is 5.69 Å². The number of aromatic nitrogens is 1. The minimum absolute atomic E-state index is 0.104. The van der Waals surface area contributed by atoms with Crippen LogP contribution in [-0.4, -0.2) is 47.4 Å². The molecule has 0 spiro atoms. The van der Waals surface area contributed by atoms with Crippen molar-refractivity contribution in [1.29, 1.82) is 0 Å². The van der Waals surface area contributed by atoms with Crippen LogP contribution in [0.15, 0.2) is 42.5 Å². The van der Waals surface area contributed by atoms with Gasteiger partial charge in [0.15, 0.2) is 0 Å². The van der Waals surface area contributed by atoms with E-state index in [1.165, 1.54) is 10.3 Å². The molecule has 0 fully saturated rings. The van der Waals surface area contributed by atoms with Gasteiger partial charge in [0.2, 0.25) is 11.8 Å². The largest absolute Gasteiger partial charge is 0.350 e. The zero-order chi connectivity index (χ0) is 21.9. The molecule has 0 bridgehead atoms. The summed E-state index contributed by atoms with van der Waals surface area (Å²) in [6.45, 7) is 8.16. The van der Waals surface area contributed by atoms with Crippen molar-refractivity contribution in [2.45, 2.75) is 33.2 Å². The summed E-state index contributed by atoms with van der Waals surface area (Å²) in [6, 6.07) is 13.9. The standard InChI is InChI=1S/C23H28N4O2S/c1-15-6-11-18-19(12-15)30-22(25-18)16-7-9-17(10-8-16)24-20(28)13-27(5)14-21(29)26-23(2,3)4/h6-12H,13-14H2,1-5H3,(H,24,28)(H,26,29). The van der Waals surface area contributed by atoms with Crippen molar-refractivity contribution < 1.29 is 9.59 Å². The van der Waals surface area contributed by atoms with Gasteiger partial charge in [-0.15, -0.1) is 11.3 Å². The van der Waals surface area contributed by atoms with Crippen LogP contribution < -0.4 is 10.6 Å². The van der Waals surface area contributed by atoms with Gasteiger partial charge in [-0.1, -0.05) is 6.07 Å². The predicted molar refractivity (Wildman–Crippen MR) is 124 cm³/mol. The van der Waals surface area contributed by atoms with E-state index < -0.39 is 0 Å². The van der Waals surface area contributed by atoms with Crippen molar-refractivity contribution in [1.82, 2.24) is 15.2 Å². The number of fused-ring (bicyclic) bond motifs is 1. The lowest BCUT2D eigenvalue weighted by Crippen LogP contribution is -2.46. The second-order valence-corrected chi connectivity index (χ2v) is 9.62. The van der Waals surface area contributed by atoms with Gasteiger partial charge in [-0.05, 0) is 76.7 Å². The highest BCUT2D eigenvalue weighted by molar-refractivity contribution is 7.21. The molecule has 1 aromatic heterocycles. The molecule has 0 aliphatic carbocycles. The first-order valence-corrected chi connectivity index (χ1v) is 10.7. The van der Waals surface area contributed by atoms with Crippen LogP contribution in [0.5, 0.6) is 0 Å². The number of likely N-dealkylation sites (N-methyl/N-ethyl adjacent to an activating group) is 1. The Morgan fingerprint density at radius 1 is 1.03 bits per heavy atom. The number of benzene rings is 2. The van der Waals surface area contributed by atoms with E-state index >= 15 is 0 Å². The molecule has 3 aromatic rings. The fourth-order valence-corrected chi connectivity index (χ4v) is 4.13. The molecule has 158 valence electrons. The van der Waals surface area contributed by atoms with Crippen molar-refractivity contribution in [3.63, 3.8) is 0 Å². The third-order valence-electron chi connectivity index (χ3n) is 4.30. The molecule has 0 saturated heterocycles. The molecule has 0 unspecified atom stereocenters. The molecule has 0 radical (unpaired) electrons. The zero-order valence-electron chi connectivity index (χ0n) is 18.1. The number of carbonyl (C=O) groups is 2. The van der Waals surface area contributed by atoms with Crippen LogP contribution >= 0.6 is 11.3 Å². The highest BCUT2D eigenvalue weighted by Crippen LogP contribution is 2.31. The number of hydrogen-bond donors (Lipinski definition) is 2. The third kappa shape index (κ3) is 6.11. The Hall–Kier alpha value is -2.77. The molecule has 2 amide bonds. The summed E-state index contributed by atoms with van der Waals surface area (Å²) < 4.78 is 1.17. The Balaban J connectivity index is 1.57. The Bertz CT molecular complexity index is 1050. The molecule has 7 heteroatoms. The summed E-state index contributed by atoms with van der Waals surface area (Å²) in [4.78, 5) is 30.7. The molecule has 6 nitrogen and oxygen atoms in total. The first-order valence-electron chi connectivity index (χ1n) is 9.86. The fraction of sp³-hybridized carbons (Fsp3) is 0.348. The number of nitrogens with zero attached hydrogens (tertiary/aromatic N) is 2. The lowest BCUT2D eigenvalue weighted by Gasteiger charge is -2.23. The molecular weight excluding hydrogens is 396 g/mol. The molecule has 0 aliphatic rings. The van der Waals surface area contributed by atoms with Gasteiger partial charge in [-0.2, -0.15) is 0 Å². The number of carbonyl (C=O) groups excluding carboxylic acids is 2. The Labute approximate surface area is 181 Å². The SMILES string of the molecule is Cc1ccc2nc(-c3ccc(NC(=O)CN(C)CC(=O)NC(C)(C)C)cc3)sc2c1. The van der Waals surface area contributed by atoms with E-state index in [1.54, 1.807) is 23.3 Å². The number of hydrogen-bond acceptors (Lipinski definition) is 5. The minimum Gasteiger partial charge on any atom is -0.350 e. The van der Waals surface area contributed by atoms with Crippen LogP contribution in [0.1, 0.15) is 26.3 Å². The number of amides is 2. The maximum Gasteiger partial charge on any atom is 0.238 e. The number of thiazole rings is 1. The second kappa shape index (κ2) is 8.93. The molecule has 3 rings (SSSR count). The molecular formula is C23H28N4O2S. The summed E-state index contributed by atoms with van der Waals surface area (Å²) in [6.07, 6.45) is 0. The van der Waals surface area contributed by atoms with Gasteiger partial charge in [-0.3, -0.25) is 14.5 Å². The quantitative estimate of drug-likeness (QED) is 0.626. The van der Waals surface area contributed by atoms with Crippen LogP contribution in [0, 0.1) is 6.92 Å². The maximum atomic E-state index is 12.3. The predicted octanol–water partition coefficient (Wildman–Crippen LogP) is 4.06. The summed E-state index contributed by atoms with van der Waals surface area (Å²) in [5, 5.41) is 6.72. The van der Waals surface area contributed by atoms with Crippen molar-refractivity contribution in [3.05, 3.63) is 48.0 Å². The van der Waals surface area contributed by atoms with Crippen LogP contribution in [0.25, 0.3) is 20.8 Å². The minimum atomic E-state index is -0.288. The summed E-state index contributed by atoms with van der Waals surface area (Å²) in [5.74, 6) is -0.266. The molecule has 30 heavy (non-hydrogen) atoms. The average Bonchev–Trinajstić information content (AvgIpc) is 3.03. The van der Waals surface area contributed by atoms with Crippen LogP contribution in [0.3, 0.4) is 0 Å². The summed E-state index contributed by atoms with van der Waals surface area (Å²) in [5.41, 5.74) is 3.66. The smallest absolute Gasteiger partial charge is 0.238 e. The Morgan fingerprint density at radius 2 is 1.70 bits per heavy atom. The first-order chi connectivity index (χ1) is 14.1. The summed E-state index contributed by atoms with van der Waals surface area (Å²) in [7, 11) is 1.75. The normalized spacial score (nSPS) is 11.7. The highest BCUT2D eigenvalue weighted by Gasteiger charge is 2.16. The number of rotatable bonds is 6. The Kier molecular flexibility index (Phi) is 6.53. The summed E-state index contributed by atoms with van der Waals surface area (Å²) >= 11 is 1.66. The monoisotopic (exact) mass is 424 g/mol. The van der Waals surface area contributed by atoms with Crippen LogP contribution in [0.4, 0.5) is 5.69 Å². The van der Waals surface area contributed by atoms with Crippen molar-refractivity contribution in [2.24, 2.45) is 0 Å². The average molecular weight is 425 g/mol. The number of aryl methyl sites for hydroxylation is 1. The van der Waals surface area contributed by atoms with E-state index in [4.69, 9.17) is 4.98 Å². The van der Waals surface area contributed by atoms with E-state index in [9.17, 15) is 9.59 Å². The lowest BCUT2D eigenvalue weighted by atomic mass is 10.1. The van der Waals surface area contributed by atoms with E-state index in [2.05, 4.69) is 29.7 Å². The van der Waals surface area contributed by atoms with Crippen molar-refractivity contribution in [2.75, 3.05) is 25.5 Å². The van der Waals surface area contributed by atoms with Gasteiger partial charge in [0.1, 0.15) is 5.01 Å². The molecule has 0 aliphatic heterocycles. The molecule has 0 atom stereocenters. The molecule has 2 aromatic carbocycles. The molecule has 0 saturated carbocycles. The highest BCUT2D eigenvalue weighted by atomic mass is 32.1. The lowest BCUT2D eigenvalue weighted by molar-refractivity contribution is -0.124. The molecule has 2 N–H and O–H groups in total. The van der Waals surface area contributed by atoms with E-state index in [0.717, 1.165) is 16.1 Å². The first kappa shape index (κ1) is 21.9. The zero-order valence-corrected chi connectivity index (χ0v) is 18.9. The topological polar surface area (TPSA) is 74.3 Å². The van der Waals surface area contributed by atoms with Gasteiger partial charge < -0.3 is 10.6 Å². The number of nitrogens with one attached hydrogen (secondary N) is 2.